The quantitative estimate of drug-likeness (QED) is 0.481. The van der Waals surface area contributed by atoms with E-state index in [1.165, 1.54) is 11.0 Å². The van der Waals surface area contributed by atoms with Gasteiger partial charge in [-0.25, -0.2) is 14.6 Å². The molecule has 10 heteroatoms. The first-order valence-electron chi connectivity index (χ1n) is 7.79. The van der Waals surface area contributed by atoms with Crippen LogP contribution in [-0.2, 0) is 6.54 Å². The maximum absolute atomic E-state index is 5.23. The summed E-state index contributed by atoms with van der Waals surface area (Å²) in [7, 11) is 0. The molecular weight excluding hydrogens is 334 g/mol. The molecule has 0 unspecified atom stereocenters. The molecule has 26 heavy (non-hydrogen) atoms. The molecule has 0 spiro atoms. The normalized spacial score (nSPS) is 11.2. The number of fused-ring (bicyclic) bond motifs is 1. The molecule has 10 nitrogen and oxygen atoms in total. The van der Waals surface area contributed by atoms with E-state index in [0.717, 1.165) is 22.4 Å². The molecule has 0 saturated heterocycles. The Morgan fingerprint density at radius 2 is 1.96 bits per heavy atom. The number of pyridine rings is 1. The number of hydrogen-bond donors (Lipinski definition) is 0. The third-order valence-electron chi connectivity index (χ3n) is 3.86. The average Bonchev–Trinajstić information content (AvgIpc) is 3.43. The van der Waals surface area contributed by atoms with Crippen LogP contribution in [-0.4, -0.2) is 44.9 Å². The highest BCUT2D eigenvalue weighted by atomic mass is 16.5. The fourth-order valence-electron chi connectivity index (χ4n) is 2.63. The van der Waals surface area contributed by atoms with Gasteiger partial charge in [-0.15, -0.1) is 5.10 Å². The number of imidazole rings is 1. The maximum Gasteiger partial charge on any atom is 0.248 e. The molecule has 0 atom stereocenters. The summed E-state index contributed by atoms with van der Waals surface area (Å²) in [5.41, 5.74) is 2.67. The first-order valence-corrected chi connectivity index (χ1v) is 7.79. The summed E-state index contributed by atoms with van der Waals surface area (Å²) in [5, 5.41) is 14.9. The number of tetrazole rings is 1. The monoisotopic (exact) mass is 345 g/mol. The van der Waals surface area contributed by atoms with E-state index in [1.807, 2.05) is 41.0 Å². The van der Waals surface area contributed by atoms with E-state index in [2.05, 4.69) is 35.6 Å². The van der Waals surface area contributed by atoms with Crippen LogP contribution in [0.4, 0.5) is 0 Å². The van der Waals surface area contributed by atoms with E-state index >= 15 is 0 Å². The minimum atomic E-state index is 0.312. The van der Waals surface area contributed by atoms with Crippen molar-refractivity contribution >= 4 is 11.0 Å². The molecule has 4 heterocycles. The lowest BCUT2D eigenvalue weighted by molar-refractivity contribution is 0.364. The molecule has 0 amide bonds. The molecule has 1 aromatic carbocycles. The second kappa shape index (κ2) is 5.84. The second-order valence-corrected chi connectivity index (χ2v) is 5.53. The van der Waals surface area contributed by atoms with Gasteiger partial charge in [0, 0.05) is 11.8 Å². The molecule has 0 aliphatic carbocycles. The van der Waals surface area contributed by atoms with E-state index in [9.17, 15) is 0 Å². The maximum atomic E-state index is 5.23. The largest absolute Gasteiger partial charge is 0.337 e. The average molecular weight is 345 g/mol. The number of hydrogen-bond acceptors (Lipinski definition) is 8. The minimum Gasteiger partial charge on any atom is -0.337 e. The van der Waals surface area contributed by atoms with Gasteiger partial charge in [-0.1, -0.05) is 17.3 Å². The van der Waals surface area contributed by atoms with Gasteiger partial charge < -0.3 is 4.52 Å². The summed E-state index contributed by atoms with van der Waals surface area (Å²) in [6.07, 6.45) is 4.94. The molecule has 0 fully saturated rings. The molecule has 4 aromatic heterocycles. The van der Waals surface area contributed by atoms with Crippen molar-refractivity contribution in [1.29, 1.82) is 0 Å². The zero-order chi connectivity index (χ0) is 17.3. The molecule has 0 saturated carbocycles. The minimum absolute atomic E-state index is 0.312. The van der Waals surface area contributed by atoms with Crippen LogP contribution in [0, 0.1) is 0 Å². The van der Waals surface area contributed by atoms with E-state index in [1.54, 1.807) is 12.5 Å². The summed E-state index contributed by atoms with van der Waals surface area (Å²) in [6.45, 7) is 0.312. The van der Waals surface area contributed by atoms with Crippen molar-refractivity contribution in [2.24, 2.45) is 0 Å². The highest BCUT2D eigenvalue weighted by Gasteiger charge is 2.11. The molecule has 5 aromatic rings. The van der Waals surface area contributed by atoms with Gasteiger partial charge >= 0.3 is 0 Å². The number of para-hydroxylation sites is 2. The number of aromatic nitrogens is 9. The summed E-state index contributed by atoms with van der Waals surface area (Å²) < 4.78 is 8.66. The van der Waals surface area contributed by atoms with Crippen LogP contribution in [0.15, 0.2) is 59.8 Å². The Hall–Kier alpha value is -3.95. The lowest BCUT2D eigenvalue weighted by atomic mass is 10.2. The molecule has 0 bridgehead atoms. The lowest BCUT2D eigenvalue weighted by Crippen LogP contribution is -2.00. The molecule has 126 valence electrons. The SMILES string of the molecule is c1ccc2c(c1)ncn2-c1ccc(-c2noc(Cn3cnnn3)n2)cn1. The summed E-state index contributed by atoms with van der Waals surface area (Å²) >= 11 is 0. The van der Waals surface area contributed by atoms with Crippen molar-refractivity contribution in [3.63, 3.8) is 0 Å². The molecule has 0 aliphatic heterocycles. The highest BCUT2D eigenvalue weighted by molar-refractivity contribution is 5.76. The molecule has 0 radical (unpaired) electrons. The Balaban J connectivity index is 1.42. The van der Waals surface area contributed by atoms with Crippen molar-refractivity contribution in [3.05, 3.63) is 61.1 Å². The highest BCUT2D eigenvalue weighted by Crippen LogP contribution is 2.19. The van der Waals surface area contributed by atoms with Crippen LogP contribution in [0.1, 0.15) is 5.89 Å². The van der Waals surface area contributed by atoms with Gasteiger partial charge in [0.05, 0.1) is 11.0 Å². The summed E-state index contributed by atoms with van der Waals surface area (Å²) in [6, 6.07) is 11.7. The number of rotatable bonds is 4. The Kier molecular flexibility index (Phi) is 3.24. The first kappa shape index (κ1) is 14.4. The second-order valence-electron chi connectivity index (χ2n) is 5.53. The van der Waals surface area contributed by atoms with Gasteiger partial charge in [0.2, 0.25) is 11.7 Å². The van der Waals surface area contributed by atoms with Crippen LogP contribution < -0.4 is 0 Å². The Morgan fingerprint density at radius 1 is 1.00 bits per heavy atom. The van der Waals surface area contributed by atoms with Crippen molar-refractivity contribution in [2.75, 3.05) is 0 Å². The zero-order valence-electron chi connectivity index (χ0n) is 13.3. The molecule has 0 aliphatic rings. The Bertz CT molecular complexity index is 1160. The van der Waals surface area contributed by atoms with Gasteiger partial charge in [0.1, 0.15) is 25.0 Å². The lowest BCUT2D eigenvalue weighted by Gasteiger charge is -2.03. The van der Waals surface area contributed by atoms with Gasteiger partial charge in [-0.2, -0.15) is 4.98 Å². The Morgan fingerprint density at radius 3 is 2.81 bits per heavy atom. The predicted octanol–water partition coefficient (Wildman–Crippen LogP) is 1.51. The van der Waals surface area contributed by atoms with Crippen LogP contribution in [0.5, 0.6) is 0 Å². The Labute approximate surface area is 146 Å². The van der Waals surface area contributed by atoms with Gasteiger partial charge in [-0.3, -0.25) is 4.57 Å². The first-order chi connectivity index (χ1) is 12.9. The van der Waals surface area contributed by atoms with Crippen molar-refractivity contribution < 1.29 is 4.52 Å². The van der Waals surface area contributed by atoms with Gasteiger partial charge in [0.25, 0.3) is 0 Å². The van der Waals surface area contributed by atoms with E-state index in [0.29, 0.717) is 18.3 Å². The molecule has 0 N–H and O–H groups in total. The predicted molar refractivity (Wildman–Crippen MR) is 89.1 cm³/mol. The summed E-state index contributed by atoms with van der Waals surface area (Å²) in [5.74, 6) is 1.64. The van der Waals surface area contributed by atoms with E-state index < -0.39 is 0 Å². The molecular formula is C16H11N9O. The number of benzene rings is 1. The smallest absolute Gasteiger partial charge is 0.248 e. The third kappa shape index (κ3) is 2.49. The van der Waals surface area contributed by atoms with E-state index in [4.69, 9.17) is 4.52 Å². The fraction of sp³-hybridized carbons (Fsp3) is 0.0625. The van der Waals surface area contributed by atoms with Crippen molar-refractivity contribution in [1.82, 2.24) is 44.9 Å². The van der Waals surface area contributed by atoms with Gasteiger partial charge in [0.15, 0.2) is 0 Å². The van der Waals surface area contributed by atoms with Crippen molar-refractivity contribution in [3.8, 4) is 17.2 Å². The zero-order valence-corrected chi connectivity index (χ0v) is 13.3. The van der Waals surface area contributed by atoms with Gasteiger partial charge in [-0.05, 0) is 34.7 Å². The van der Waals surface area contributed by atoms with Crippen LogP contribution in [0.2, 0.25) is 0 Å². The van der Waals surface area contributed by atoms with Crippen LogP contribution in [0.25, 0.3) is 28.2 Å². The fourth-order valence-corrected chi connectivity index (χ4v) is 2.63. The molecule has 5 rings (SSSR count). The topological polar surface area (TPSA) is 113 Å². The van der Waals surface area contributed by atoms with Crippen LogP contribution >= 0.6 is 0 Å². The number of nitrogens with zero attached hydrogens (tertiary/aromatic N) is 9. The van der Waals surface area contributed by atoms with Crippen molar-refractivity contribution in [2.45, 2.75) is 6.54 Å². The standard InChI is InChI=1S/C16H11N9O/c1-2-4-13-12(3-1)18-9-25(13)14-6-5-11(7-17-14)16-20-15(26-21-16)8-24-10-19-22-23-24/h1-7,9-10H,8H2. The summed E-state index contributed by atoms with van der Waals surface area (Å²) in [4.78, 5) is 13.2. The van der Waals surface area contributed by atoms with Crippen LogP contribution in [0.3, 0.4) is 0 Å². The third-order valence-corrected chi connectivity index (χ3v) is 3.86. The van der Waals surface area contributed by atoms with E-state index in [-0.39, 0.29) is 0 Å².